The predicted octanol–water partition coefficient (Wildman–Crippen LogP) is 0.0664. The van der Waals surface area contributed by atoms with Crippen LogP contribution in [0, 0.1) is 5.92 Å². The van der Waals surface area contributed by atoms with E-state index in [0.717, 1.165) is 11.1 Å². The number of rotatable bonds is 2. The van der Waals surface area contributed by atoms with Gasteiger partial charge in [0.2, 0.25) is 11.8 Å². The molecule has 1 atom stereocenters. The molecule has 1 aromatic rings. The summed E-state index contributed by atoms with van der Waals surface area (Å²) in [6.45, 7) is 1.88. The Morgan fingerprint density at radius 3 is 2.40 bits per heavy atom. The molecule has 0 saturated carbocycles. The molecule has 0 bridgehead atoms. The molecule has 2 aliphatic rings. The minimum Gasteiger partial charge on any atom is -0.368 e. The summed E-state index contributed by atoms with van der Waals surface area (Å²) in [7, 11) is 0. The molecule has 3 rings (SSSR count). The van der Waals surface area contributed by atoms with Gasteiger partial charge >= 0.3 is 0 Å². The van der Waals surface area contributed by atoms with Crippen molar-refractivity contribution in [2.75, 3.05) is 13.1 Å². The third kappa shape index (κ3) is 2.51. The quantitative estimate of drug-likeness (QED) is 0.810. The molecule has 2 amide bonds. The van der Waals surface area contributed by atoms with Crippen molar-refractivity contribution in [1.29, 1.82) is 0 Å². The minimum absolute atomic E-state index is 0. The molecule has 6 heteroatoms. The van der Waals surface area contributed by atoms with Crippen LogP contribution in [0.4, 0.5) is 0 Å². The zero-order chi connectivity index (χ0) is 13.4. The fourth-order valence-electron chi connectivity index (χ4n) is 2.71. The van der Waals surface area contributed by atoms with E-state index in [4.69, 9.17) is 5.73 Å². The van der Waals surface area contributed by atoms with E-state index >= 15 is 0 Å². The Morgan fingerprint density at radius 2 is 1.85 bits per heavy atom. The molecular formula is C14H18ClN3O2. The largest absolute Gasteiger partial charge is 0.368 e. The van der Waals surface area contributed by atoms with Gasteiger partial charge in [0.15, 0.2) is 0 Å². The van der Waals surface area contributed by atoms with Gasteiger partial charge in [0.1, 0.15) is 6.04 Å². The number of benzene rings is 1. The summed E-state index contributed by atoms with van der Waals surface area (Å²) in [5.74, 6) is -0.390. The molecule has 0 aliphatic carbocycles. The summed E-state index contributed by atoms with van der Waals surface area (Å²) in [4.78, 5) is 25.7. The van der Waals surface area contributed by atoms with Gasteiger partial charge in [-0.15, -0.1) is 12.4 Å². The summed E-state index contributed by atoms with van der Waals surface area (Å²) in [5, 5.41) is 3.08. The van der Waals surface area contributed by atoms with Gasteiger partial charge in [0, 0.05) is 26.1 Å². The normalized spacial score (nSPS) is 21.4. The lowest BCUT2D eigenvalue weighted by atomic mass is 9.91. The Bertz CT molecular complexity index is 531. The van der Waals surface area contributed by atoms with Crippen LogP contribution in [0.2, 0.25) is 0 Å². The second-order valence-corrected chi connectivity index (χ2v) is 5.21. The predicted molar refractivity (Wildman–Crippen MR) is 77.3 cm³/mol. The van der Waals surface area contributed by atoms with Crippen LogP contribution in [0.3, 0.4) is 0 Å². The number of nitrogens with two attached hydrogens (primary N) is 1. The van der Waals surface area contributed by atoms with Gasteiger partial charge in [-0.05, 0) is 11.1 Å². The van der Waals surface area contributed by atoms with Crippen LogP contribution in [0.15, 0.2) is 24.3 Å². The molecule has 5 nitrogen and oxygen atoms in total. The molecule has 20 heavy (non-hydrogen) atoms. The number of halogens is 1. The summed E-state index contributed by atoms with van der Waals surface area (Å²) >= 11 is 0. The average Bonchev–Trinajstić information content (AvgIpc) is 2.35. The molecule has 2 aliphatic heterocycles. The number of hydrogen-bond acceptors (Lipinski definition) is 3. The fourth-order valence-corrected chi connectivity index (χ4v) is 2.71. The minimum atomic E-state index is -0.511. The highest BCUT2D eigenvalue weighted by Crippen LogP contribution is 2.25. The Labute approximate surface area is 123 Å². The zero-order valence-electron chi connectivity index (χ0n) is 11.0. The van der Waals surface area contributed by atoms with Crippen molar-refractivity contribution in [3.05, 3.63) is 35.4 Å². The highest BCUT2D eigenvalue weighted by Gasteiger charge is 2.37. The van der Waals surface area contributed by atoms with E-state index in [9.17, 15) is 9.59 Å². The lowest BCUT2D eigenvalue weighted by Crippen LogP contribution is -2.58. The second-order valence-electron chi connectivity index (χ2n) is 5.21. The summed E-state index contributed by atoms with van der Waals surface area (Å²) in [6, 6.07) is 7.40. The highest BCUT2D eigenvalue weighted by molar-refractivity contribution is 5.89. The molecule has 1 saturated heterocycles. The molecule has 2 heterocycles. The van der Waals surface area contributed by atoms with E-state index in [0.29, 0.717) is 26.1 Å². The fraction of sp³-hybridized carbons (Fsp3) is 0.429. The molecule has 0 aromatic heterocycles. The van der Waals surface area contributed by atoms with Crippen molar-refractivity contribution < 1.29 is 9.59 Å². The van der Waals surface area contributed by atoms with Gasteiger partial charge < -0.3 is 16.0 Å². The molecule has 0 radical (unpaired) electrons. The number of primary amides is 1. The number of fused-ring (bicyclic) bond motifs is 1. The first kappa shape index (κ1) is 14.8. The van der Waals surface area contributed by atoms with Crippen molar-refractivity contribution in [3.8, 4) is 0 Å². The zero-order valence-corrected chi connectivity index (χ0v) is 11.9. The van der Waals surface area contributed by atoms with Gasteiger partial charge in [0.25, 0.3) is 0 Å². The monoisotopic (exact) mass is 295 g/mol. The first-order valence-corrected chi connectivity index (χ1v) is 6.54. The topological polar surface area (TPSA) is 75.4 Å². The van der Waals surface area contributed by atoms with Gasteiger partial charge in [-0.2, -0.15) is 0 Å². The van der Waals surface area contributed by atoms with E-state index in [2.05, 4.69) is 5.32 Å². The first-order chi connectivity index (χ1) is 9.16. The molecule has 1 aromatic carbocycles. The number of nitrogens with one attached hydrogen (secondary N) is 1. The van der Waals surface area contributed by atoms with Gasteiger partial charge in [-0.3, -0.25) is 9.59 Å². The Morgan fingerprint density at radius 1 is 1.20 bits per heavy atom. The number of carbonyl (C=O) groups is 2. The van der Waals surface area contributed by atoms with Crippen LogP contribution in [0.25, 0.3) is 0 Å². The van der Waals surface area contributed by atoms with Crippen LogP contribution >= 0.6 is 12.4 Å². The third-order valence-corrected chi connectivity index (χ3v) is 3.99. The van der Waals surface area contributed by atoms with Gasteiger partial charge in [-0.1, -0.05) is 24.3 Å². The molecule has 3 N–H and O–H groups in total. The number of nitrogens with zero attached hydrogens (tertiary/aromatic N) is 1. The van der Waals surface area contributed by atoms with Crippen LogP contribution < -0.4 is 11.1 Å². The lowest BCUT2D eigenvalue weighted by molar-refractivity contribution is -0.145. The van der Waals surface area contributed by atoms with E-state index in [1.54, 1.807) is 4.90 Å². The Kier molecular flexibility index (Phi) is 4.30. The van der Waals surface area contributed by atoms with Crippen molar-refractivity contribution in [3.63, 3.8) is 0 Å². The van der Waals surface area contributed by atoms with Crippen LogP contribution in [-0.4, -0.2) is 35.8 Å². The smallest absolute Gasteiger partial charge is 0.240 e. The van der Waals surface area contributed by atoms with Crippen LogP contribution in [0.1, 0.15) is 11.1 Å². The molecule has 0 unspecified atom stereocenters. The standard InChI is InChI=1S/C14H17N3O2.ClH/c15-13(18)12-5-9-3-1-2-4-10(9)8-17(12)14(19)11-6-16-7-11;/h1-4,11-12,16H,5-8H2,(H2,15,18);1H/t12-;/m0./s1. The summed E-state index contributed by atoms with van der Waals surface area (Å²) < 4.78 is 0. The molecular weight excluding hydrogens is 278 g/mol. The van der Waals surface area contributed by atoms with Crippen molar-refractivity contribution in [2.24, 2.45) is 11.7 Å². The van der Waals surface area contributed by atoms with Crippen molar-refractivity contribution in [2.45, 2.75) is 19.0 Å². The average molecular weight is 296 g/mol. The lowest BCUT2D eigenvalue weighted by Gasteiger charge is -2.39. The summed E-state index contributed by atoms with van der Waals surface area (Å²) in [6.07, 6.45) is 0.525. The first-order valence-electron chi connectivity index (χ1n) is 6.54. The molecule has 1 fully saturated rings. The van der Waals surface area contributed by atoms with Gasteiger partial charge in [0.05, 0.1) is 5.92 Å². The molecule has 0 spiro atoms. The SMILES string of the molecule is Cl.NC(=O)[C@@H]1Cc2ccccc2CN1C(=O)C1CNC1. The number of carbonyl (C=O) groups excluding carboxylic acids is 2. The maximum atomic E-state index is 12.4. The van der Waals surface area contributed by atoms with Gasteiger partial charge in [-0.25, -0.2) is 0 Å². The van der Waals surface area contributed by atoms with E-state index in [1.165, 1.54) is 0 Å². The number of amides is 2. The van der Waals surface area contributed by atoms with Crippen molar-refractivity contribution in [1.82, 2.24) is 10.2 Å². The maximum Gasteiger partial charge on any atom is 0.240 e. The number of hydrogen-bond donors (Lipinski definition) is 2. The second kappa shape index (κ2) is 5.81. The van der Waals surface area contributed by atoms with Crippen LogP contribution in [-0.2, 0) is 22.6 Å². The van der Waals surface area contributed by atoms with E-state index in [1.807, 2.05) is 24.3 Å². The maximum absolute atomic E-state index is 12.4. The highest BCUT2D eigenvalue weighted by atomic mass is 35.5. The molecule has 108 valence electrons. The van der Waals surface area contributed by atoms with Crippen LogP contribution in [0.5, 0.6) is 0 Å². The summed E-state index contributed by atoms with van der Waals surface area (Å²) in [5.41, 5.74) is 7.69. The Balaban J connectivity index is 0.00000147. The van der Waals surface area contributed by atoms with E-state index < -0.39 is 11.9 Å². The van der Waals surface area contributed by atoms with Crippen molar-refractivity contribution >= 4 is 24.2 Å². The van der Waals surface area contributed by atoms with E-state index in [-0.39, 0.29) is 24.2 Å². The third-order valence-electron chi connectivity index (χ3n) is 3.99. The Hall–Kier alpha value is -1.59.